The number of nitrogens with two attached hydrogens (primary N) is 1. The lowest BCUT2D eigenvalue weighted by Crippen LogP contribution is -2.60. The molecule has 0 aliphatic carbocycles. The zero-order valence-electron chi connectivity index (χ0n) is 8.75. The van der Waals surface area contributed by atoms with E-state index in [1.165, 1.54) is 0 Å². The summed E-state index contributed by atoms with van der Waals surface area (Å²) in [6, 6.07) is 0. The van der Waals surface area contributed by atoms with E-state index in [0.29, 0.717) is 18.9 Å². The summed E-state index contributed by atoms with van der Waals surface area (Å²) in [5, 5.41) is 12.1. The minimum absolute atomic E-state index is 0.394. The van der Waals surface area contributed by atoms with Crippen LogP contribution in [0.2, 0.25) is 0 Å². The van der Waals surface area contributed by atoms with E-state index >= 15 is 0 Å². The highest BCUT2D eigenvalue weighted by atomic mass is 16.4. The summed E-state index contributed by atoms with van der Waals surface area (Å²) in [5.74, 6) is -0.462. The van der Waals surface area contributed by atoms with E-state index in [-0.39, 0.29) is 0 Å². The van der Waals surface area contributed by atoms with Crippen molar-refractivity contribution in [2.75, 3.05) is 13.1 Å². The third kappa shape index (κ3) is 2.69. The molecule has 1 saturated heterocycles. The molecule has 1 fully saturated rings. The number of carboxylic acid groups (broad SMARTS) is 1. The molecule has 2 atom stereocenters. The number of nitrogens with one attached hydrogen (secondary N) is 1. The van der Waals surface area contributed by atoms with Gasteiger partial charge in [-0.2, -0.15) is 0 Å². The zero-order valence-corrected chi connectivity index (χ0v) is 8.75. The van der Waals surface area contributed by atoms with Crippen molar-refractivity contribution < 1.29 is 9.90 Å². The number of hydrogen-bond acceptors (Lipinski definition) is 3. The molecule has 1 rings (SSSR count). The van der Waals surface area contributed by atoms with Crippen LogP contribution in [0.3, 0.4) is 0 Å². The Morgan fingerprint density at radius 3 is 3.00 bits per heavy atom. The largest absolute Gasteiger partial charge is 0.480 e. The topological polar surface area (TPSA) is 75.3 Å². The molecule has 0 bridgehead atoms. The Kier molecular flexibility index (Phi) is 3.89. The first-order valence-corrected chi connectivity index (χ1v) is 5.31. The molecule has 0 radical (unpaired) electrons. The number of rotatable bonds is 4. The summed E-state index contributed by atoms with van der Waals surface area (Å²) >= 11 is 0. The number of piperidine rings is 1. The van der Waals surface area contributed by atoms with Gasteiger partial charge in [-0.1, -0.05) is 19.8 Å². The maximum absolute atomic E-state index is 10.9. The van der Waals surface area contributed by atoms with Gasteiger partial charge in [0, 0.05) is 6.54 Å². The van der Waals surface area contributed by atoms with Crippen molar-refractivity contribution in [3.63, 3.8) is 0 Å². The highest BCUT2D eigenvalue weighted by molar-refractivity contribution is 5.79. The molecule has 4 nitrogen and oxygen atoms in total. The average Bonchev–Trinajstić information content (AvgIpc) is 2.15. The van der Waals surface area contributed by atoms with Gasteiger partial charge >= 0.3 is 5.97 Å². The highest BCUT2D eigenvalue weighted by Gasteiger charge is 2.38. The van der Waals surface area contributed by atoms with E-state index in [4.69, 9.17) is 10.8 Å². The number of unbranched alkanes of at least 4 members (excludes halogenated alkanes) is 1. The molecule has 0 unspecified atom stereocenters. The van der Waals surface area contributed by atoms with E-state index < -0.39 is 11.5 Å². The lowest BCUT2D eigenvalue weighted by atomic mass is 9.82. The fourth-order valence-electron chi connectivity index (χ4n) is 2.02. The molecule has 82 valence electrons. The van der Waals surface area contributed by atoms with Crippen LogP contribution in [0.25, 0.3) is 0 Å². The quantitative estimate of drug-likeness (QED) is 0.620. The molecule has 4 N–H and O–H groups in total. The molecular formula is C10H20N2O2. The molecule has 0 aromatic carbocycles. The fraction of sp³-hybridized carbons (Fsp3) is 0.900. The molecule has 14 heavy (non-hydrogen) atoms. The van der Waals surface area contributed by atoms with E-state index in [2.05, 4.69) is 12.2 Å². The monoisotopic (exact) mass is 200 g/mol. The van der Waals surface area contributed by atoms with Crippen molar-refractivity contribution in [1.29, 1.82) is 0 Å². The minimum Gasteiger partial charge on any atom is -0.480 e. The molecule has 1 heterocycles. The fourth-order valence-corrected chi connectivity index (χ4v) is 2.02. The van der Waals surface area contributed by atoms with E-state index in [0.717, 1.165) is 25.8 Å². The lowest BCUT2D eigenvalue weighted by molar-refractivity contribution is -0.144. The molecule has 1 aliphatic rings. The second-order valence-electron chi connectivity index (χ2n) is 4.30. The number of aliphatic carboxylic acids is 1. The van der Waals surface area contributed by atoms with E-state index in [9.17, 15) is 4.79 Å². The van der Waals surface area contributed by atoms with Crippen molar-refractivity contribution >= 4 is 5.97 Å². The lowest BCUT2D eigenvalue weighted by Gasteiger charge is -2.35. The van der Waals surface area contributed by atoms with Gasteiger partial charge in [0.2, 0.25) is 0 Å². The van der Waals surface area contributed by atoms with Crippen molar-refractivity contribution in [2.24, 2.45) is 11.7 Å². The highest BCUT2D eigenvalue weighted by Crippen LogP contribution is 2.23. The SMILES string of the molecule is CCCC[C@H]1CNC[C@@](N)(C(=O)O)C1. The van der Waals surface area contributed by atoms with Crippen LogP contribution < -0.4 is 11.1 Å². The van der Waals surface area contributed by atoms with Crippen LogP contribution in [0.4, 0.5) is 0 Å². The first kappa shape index (κ1) is 11.5. The predicted molar refractivity (Wildman–Crippen MR) is 55.1 cm³/mol. The Labute approximate surface area is 84.9 Å². The Morgan fingerprint density at radius 2 is 2.43 bits per heavy atom. The maximum Gasteiger partial charge on any atom is 0.325 e. The molecule has 1 aliphatic heterocycles. The number of carbonyl (C=O) groups is 1. The third-order valence-corrected chi connectivity index (χ3v) is 2.92. The van der Waals surface area contributed by atoms with Gasteiger partial charge < -0.3 is 16.2 Å². The molecular weight excluding hydrogens is 180 g/mol. The molecule has 0 aromatic rings. The Hall–Kier alpha value is -0.610. The Morgan fingerprint density at radius 1 is 1.71 bits per heavy atom. The van der Waals surface area contributed by atoms with Crippen LogP contribution in [0.5, 0.6) is 0 Å². The van der Waals surface area contributed by atoms with Crippen LogP contribution in [0.1, 0.15) is 32.6 Å². The van der Waals surface area contributed by atoms with Gasteiger partial charge in [-0.25, -0.2) is 0 Å². The van der Waals surface area contributed by atoms with Gasteiger partial charge in [0.1, 0.15) is 5.54 Å². The van der Waals surface area contributed by atoms with Gasteiger partial charge in [-0.3, -0.25) is 4.79 Å². The third-order valence-electron chi connectivity index (χ3n) is 2.92. The van der Waals surface area contributed by atoms with Crippen LogP contribution >= 0.6 is 0 Å². The summed E-state index contributed by atoms with van der Waals surface area (Å²) in [6.45, 7) is 3.44. The standard InChI is InChI=1S/C10H20N2O2/c1-2-3-4-8-5-10(11,9(13)14)7-12-6-8/h8,12H,2-7,11H2,1H3,(H,13,14)/t8-,10-/m1/s1. The summed E-state index contributed by atoms with van der Waals surface area (Å²) < 4.78 is 0. The second kappa shape index (κ2) is 4.75. The van der Waals surface area contributed by atoms with Crippen molar-refractivity contribution in [3.8, 4) is 0 Å². The molecule has 4 heteroatoms. The molecule has 0 aromatic heterocycles. The van der Waals surface area contributed by atoms with Crippen molar-refractivity contribution in [3.05, 3.63) is 0 Å². The molecule has 0 saturated carbocycles. The summed E-state index contributed by atoms with van der Waals surface area (Å²) in [5.41, 5.74) is 4.76. The van der Waals surface area contributed by atoms with Gasteiger partial charge in [-0.15, -0.1) is 0 Å². The average molecular weight is 200 g/mol. The normalized spacial score (nSPS) is 32.9. The van der Waals surface area contributed by atoms with Gasteiger partial charge in [0.25, 0.3) is 0 Å². The summed E-state index contributed by atoms with van der Waals surface area (Å²) in [4.78, 5) is 10.9. The van der Waals surface area contributed by atoms with Gasteiger partial charge in [-0.05, 0) is 25.3 Å². The summed E-state index contributed by atoms with van der Waals surface area (Å²) in [7, 11) is 0. The summed E-state index contributed by atoms with van der Waals surface area (Å²) in [6.07, 6.45) is 3.99. The van der Waals surface area contributed by atoms with E-state index in [1.54, 1.807) is 0 Å². The van der Waals surface area contributed by atoms with Crippen LogP contribution in [0, 0.1) is 5.92 Å². The van der Waals surface area contributed by atoms with Gasteiger partial charge in [0.05, 0.1) is 0 Å². The zero-order chi connectivity index (χ0) is 10.6. The van der Waals surface area contributed by atoms with Crippen LogP contribution in [-0.4, -0.2) is 29.7 Å². The first-order valence-electron chi connectivity index (χ1n) is 5.31. The van der Waals surface area contributed by atoms with Crippen LogP contribution in [-0.2, 0) is 4.79 Å². The van der Waals surface area contributed by atoms with E-state index in [1.807, 2.05) is 0 Å². The second-order valence-corrected chi connectivity index (χ2v) is 4.30. The minimum atomic E-state index is -1.04. The van der Waals surface area contributed by atoms with Crippen molar-refractivity contribution in [2.45, 2.75) is 38.1 Å². The maximum atomic E-state index is 10.9. The Bertz CT molecular complexity index is 208. The number of hydrogen-bond donors (Lipinski definition) is 3. The van der Waals surface area contributed by atoms with Gasteiger partial charge in [0.15, 0.2) is 0 Å². The smallest absolute Gasteiger partial charge is 0.325 e. The molecule has 0 spiro atoms. The first-order chi connectivity index (χ1) is 6.58. The van der Waals surface area contributed by atoms with Crippen LogP contribution in [0.15, 0.2) is 0 Å². The number of carboxylic acids is 1. The molecule has 0 amide bonds. The van der Waals surface area contributed by atoms with Crippen molar-refractivity contribution in [1.82, 2.24) is 5.32 Å². The predicted octanol–water partition coefficient (Wildman–Crippen LogP) is 0.568. The Balaban J connectivity index is 2.46.